The molecule has 1 unspecified atom stereocenters. The van der Waals surface area contributed by atoms with Gasteiger partial charge in [0.15, 0.2) is 17.1 Å². The average molecular weight is 457 g/mol. The molecule has 0 fully saturated rings. The second-order valence-corrected chi connectivity index (χ2v) is 8.65. The molecule has 1 heterocycles. The van der Waals surface area contributed by atoms with Crippen LogP contribution in [-0.4, -0.2) is 14.8 Å². The van der Waals surface area contributed by atoms with Crippen LogP contribution in [0.5, 0.6) is 5.75 Å². The summed E-state index contributed by atoms with van der Waals surface area (Å²) in [6.45, 7) is 5.87. The first-order valence-corrected chi connectivity index (χ1v) is 10.8. The minimum atomic E-state index is -0.268. The van der Waals surface area contributed by atoms with Crippen molar-refractivity contribution in [1.29, 1.82) is 0 Å². The van der Waals surface area contributed by atoms with Crippen LogP contribution in [0.1, 0.15) is 35.5 Å². The predicted molar refractivity (Wildman–Crippen MR) is 117 cm³/mol. The van der Waals surface area contributed by atoms with Crippen LogP contribution in [0.4, 0.5) is 0 Å². The first kappa shape index (κ1) is 21.3. The van der Waals surface area contributed by atoms with Gasteiger partial charge in [0.1, 0.15) is 5.75 Å². The van der Waals surface area contributed by atoms with Crippen LogP contribution < -0.4 is 4.74 Å². The normalized spacial score (nSPS) is 12.2. The van der Waals surface area contributed by atoms with Gasteiger partial charge < -0.3 is 9.30 Å². The van der Waals surface area contributed by atoms with Gasteiger partial charge in [0.05, 0.1) is 0 Å². The molecule has 0 radical (unpaired) electrons. The molecule has 0 saturated heterocycles. The van der Waals surface area contributed by atoms with E-state index in [0.717, 1.165) is 38.4 Å². The molecule has 3 rings (SSSR count). The van der Waals surface area contributed by atoms with E-state index in [1.807, 2.05) is 62.7 Å². The third kappa shape index (κ3) is 4.60. The van der Waals surface area contributed by atoms with Crippen LogP contribution >= 0.6 is 46.6 Å². The van der Waals surface area contributed by atoms with E-state index in [-0.39, 0.29) is 6.10 Å². The highest BCUT2D eigenvalue weighted by atomic mass is 35.5. The monoisotopic (exact) mass is 455 g/mol. The fourth-order valence-electron chi connectivity index (χ4n) is 2.84. The van der Waals surface area contributed by atoms with E-state index < -0.39 is 0 Å². The maximum Gasteiger partial charge on any atom is 0.191 e. The van der Waals surface area contributed by atoms with Crippen molar-refractivity contribution in [3.8, 4) is 5.75 Å². The Labute approximate surface area is 184 Å². The highest BCUT2D eigenvalue weighted by molar-refractivity contribution is 7.98. The SMILES string of the molecule is Cc1cc(OC(C)c2nnc(SCc3c(Cl)cccc3Cl)n2C)cc(C)c1Cl. The van der Waals surface area contributed by atoms with Crippen LogP contribution in [0.15, 0.2) is 35.5 Å². The summed E-state index contributed by atoms with van der Waals surface area (Å²) < 4.78 is 8.01. The van der Waals surface area contributed by atoms with Gasteiger partial charge in [0.25, 0.3) is 0 Å². The van der Waals surface area contributed by atoms with E-state index >= 15 is 0 Å². The summed E-state index contributed by atoms with van der Waals surface area (Å²) in [6, 6.07) is 9.35. The molecule has 0 bridgehead atoms. The second-order valence-electron chi connectivity index (χ2n) is 6.52. The second kappa shape index (κ2) is 8.95. The van der Waals surface area contributed by atoms with E-state index in [9.17, 15) is 0 Å². The van der Waals surface area contributed by atoms with E-state index in [4.69, 9.17) is 39.5 Å². The van der Waals surface area contributed by atoms with Gasteiger partial charge in [-0.15, -0.1) is 10.2 Å². The smallest absolute Gasteiger partial charge is 0.191 e. The third-order valence-electron chi connectivity index (χ3n) is 4.36. The summed E-state index contributed by atoms with van der Waals surface area (Å²) in [4.78, 5) is 0. The zero-order chi connectivity index (χ0) is 20.4. The molecule has 0 N–H and O–H groups in total. The molecule has 0 spiro atoms. The van der Waals surface area contributed by atoms with Crippen molar-refractivity contribution in [2.45, 2.75) is 37.8 Å². The number of hydrogen-bond donors (Lipinski definition) is 0. The Hall–Kier alpha value is -1.40. The molecule has 0 aliphatic carbocycles. The Morgan fingerprint density at radius 3 is 2.29 bits per heavy atom. The minimum absolute atomic E-state index is 0.268. The van der Waals surface area contributed by atoms with Crippen molar-refractivity contribution in [3.05, 3.63) is 67.9 Å². The molecule has 148 valence electrons. The van der Waals surface area contributed by atoms with E-state index in [1.54, 1.807) is 0 Å². The van der Waals surface area contributed by atoms with Gasteiger partial charge in [-0.25, -0.2) is 0 Å². The Balaban J connectivity index is 1.73. The third-order valence-corrected chi connectivity index (χ3v) is 6.71. The van der Waals surface area contributed by atoms with Gasteiger partial charge in [0, 0.05) is 27.9 Å². The molecule has 0 aliphatic rings. The Morgan fingerprint density at radius 2 is 1.68 bits per heavy atom. The van der Waals surface area contributed by atoms with Gasteiger partial charge >= 0.3 is 0 Å². The lowest BCUT2D eigenvalue weighted by Crippen LogP contribution is -2.10. The van der Waals surface area contributed by atoms with E-state index in [0.29, 0.717) is 15.8 Å². The fourth-order valence-corrected chi connectivity index (χ4v) is 4.61. The van der Waals surface area contributed by atoms with Gasteiger partial charge in [-0.2, -0.15) is 0 Å². The lowest BCUT2D eigenvalue weighted by molar-refractivity contribution is 0.211. The summed E-state index contributed by atoms with van der Waals surface area (Å²) in [7, 11) is 1.92. The number of rotatable bonds is 6. The molecule has 28 heavy (non-hydrogen) atoms. The van der Waals surface area contributed by atoms with Crippen LogP contribution in [0.2, 0.25) is 15.1 Å². The number of halogens is 3. The van der Waals surface area contributed by atoms with Crippen molar-refractivity contribution in [1.82, 2.24) is 14.8 Å². The molecule has 0 amide bonds. The van der Waals surface area contributed by atoms with Crippen LogP contribution in [0, 0.1) is 13.8 Å². The van der Waals surface area contributed by atoms with Crippen molar-refractivity contribution in [3.63, 3.8) is 0 Å². The van der Waals surface area contributed by atoms with Crippen molar-refractivity contribution in [2.24, 2.45) is 7.05 Å². The molecule has 8 heteroatoms. The van der Waals surface area contributed by atoms with Crippen molar-refractivity contribution in [2.75, 3.05) is 0 Å². The predicted octanol–water partition coefficient (Wildman–Crippen LogP) is 6.82. The first-order chi connectivity index (χ1) is 13.3. The lowest BCUT2D eigenvalue weighted by atomic mass is 10.1. The maximum atomic E-state index is 6.25. The Bertz CT molecular complexity index is 963. The summed E-state index contributed by atoms with van der Waals surface area (Å²) in [5, 5.41) is 11.4. The molecule has 3 aromatic rings. The van der Waals surface area contributed by atoms with E-state index in [1.165, 1.54) is 11.8 Å². The first-order valence-electron chi connectivity index (χ1n) is 8.66. The van der Waals surface area contributed by atoms with Gasteiger partial charge in [-0.05, 0) is 61.7 Å². The average Bonchev–Trinajstić information content (AvgIpc) is 3.00. The number of aromatic nitrogens is 3. The number of benzene rings is 2. The molecule has 0 aliphatic heterocycles. The summed E-state index contributed by atoms with van der Waals surface area (Å²) >= 11 is 20.3. The fraction of sp³-hybridized carbons (Fsp3) is 0.300. The number of thioether (sulfide) groups is 1. The number of nitrogens with zero attached hydrogens (tertiary/aromatic N) is 3. The molecule has 1 aromatic heterocycles. The number of hydrogen-bond acceptors (Lipinski definition) is 4. The highest BCUT2D eigenvalue weighted by Gasteiger charge is 2.18. The van der Waals surface area contributed by atoms with Crippen LogP contribution in [0.25, 0.3) is 0 Å². The Kier molecular flexibility index (Phi) is 6.81. The molecule has 0 saturated carbocycles. The molecule has 1 atom stereocenters. The molecular weight excluding hydrogens is 437 g/mol. The zero-order valence-corrected chi connectivity index (χ0v) is 19.0. The van der Waals surface area contributed by atoms with Gasteiger partial charge in [0.2, 0.25) is 0 Å². The topological polar surface area (TPSA) is 39.9 Å². The van der Waals surface area contributed by atoms with Gasteiger partial charge in [-0.1, -0.05) is 52.6 Å². The molecular formula is C20H20Cl3N3OS. The van der Waals surface area contributed by atoms with Crippen molar-refractivity contribution < 1.29 is 4.74 Å². The number of aryl methyl sites for hydroxylation is 2. The summed E-state index contributed by atoms with van der Waals surface area (Å²) in [6.07, 6.45) is -0.268. The Morgan fingerprint density at radius 1 is 1.07 bits per heavy atom. The lowest BCUT2D eigenvalue weighted by Gasteiger charge is -2.16. The largest absolute Gasteiger partial charge is 0.483 e. The quantitative estimate of drug-likeness (QED) is 0.381. The van der Waals surface area contributed by atoms with Crippen LogP contribution in [0.3, 0.4) is 0 Å². The summed E-state index contributed by atoms with van der Waals surface area (Å²) in [5.41, 5.74) is 2.85. The standard InChI is InChI=1S/C20H20Cl3N3OS/c1-11-8-14(9-12(2)18(11)23)27-13(3)19-24-25-20(26(19)4)28-10-15-16(21)6-5-7-17(15)22/h5-9,13H,10H2,1-4H3. The zero-order valence-electron chi connectivity index (χ0n) is 16.0. The number of ether oxygens (including phenoxy) is 1. The maximum absolute atomic E-state index is 6.25. The van der Waals surface area contributed by atoms with Gasteiger partial charge in [-0.3, -0.25) is 0 Å². The van der Waals surface area contributed by atoms with Crippen LogP contribution in [-0.2, 0) is 12.8 Å². The molecule has 4 nitrogen and oxygen atoms in total. The van der Waals surface area contributed by atoms with Crippen molar-refractivity contribution >= 4 is 46.6 Å². The molecule has 2 aromatic carbocycles. The summed E-state index contributed by atoms with van der Waals surface area (Å²) in [5.74, 6) is 2.10. The highest BCUT2D eigenvalue weighted by Crippen LogP contribution is 2.32. The minimum Gasteiger partial charge on any atom is -0.483 e. The van der Waals surface area contributed by atoms with E-state index in [2.05, 4.69) is 10.2 Å².